The maximum Gasteiger partial charge on any atom is 0.422 e. The monoisotopic (exact) mass is 332 g/mol. The predicted molar refractivity (Wildman–Crippen MR) is 66.7 cm³/mol. The molecule has 0 atom stereocenters. The molecule has 0 radical (unpaired) electrons. The van der Waals surface area contributed by atoms with Crippen LogP contribution < -0.4 is 4.74 Å². The summed E-state index contributed by atoms with van der Waals surface area (Å²) in [5.41, 5.74) is 1.57. The van der Waals surface area contributed by atoms with Crippen LogP contribution in [0.3, 0.4) is 0 Å². The highest BCUT2D eigenvalue weighted by Crippen LogP contribution is 2.22. The number of hydrogen-bond acceptors (Lipinski definition) is 3. The largest absolute Gasteiger partial charge is 0.468 e. The van der Waals surface area contributed by atoms with Crippen molar-refractivity contribution in [1.82, 2.24) is 9.97 Å². The minimum absolute atomic E-state index is 0.0638. The number of nitrogens with zero attached hydrogens (tertiary/aromatic N) is 2. The molecule has 0 amide bonds. The lowest BCUT2D eigenvalue weighted by Gasteiger charge is -2.08. The van der Waals surface area contributed by atoms with Crippen molar-refractivity contribution in [1.29, 1.82) is 0 Å². The van der Waals surface area contributed by atoms with Gasteiger partial charge in [0, 0.05) is 29.6 Å². The highest BCUT2D eigenvalue weighted by Gasteiger charge is 2.28. The molecule has 0 saturated heterocycles. The Balaban J connectivity index is 2.08. The van der Waals surface area contributed by atoms with E-state index < -0.39 is 12.8 Å². The molecule has 2 aromatic rings. The summed E-state index contributed by atoms with van der Waals surface area (Å²) < 4.78 is 41.1. The van der Waals surface area contributed by atoms with Crippen molar-refractivity contribution < 1.29 is 17.9 Å². The van der Waals surface area contributed by atoms with Gasteiger partial charge in [-0.15, -0.1) is 0 Å². The van der Waals surface area contributed by atoms with Gasteiger partial charge in [0.25, 0.3) is 0 Å². The van der Waals surface area contributed by atoms with Gasteiger partial charge >= 0.3 is 6.18 Å². The van der Waals surface area contributed by atoms with Crippen LogP contribution in [0.25, 0.3) is 11.1 Å². The van der Waals surface area contributed by atoms with Gasteiger partial charge in [0.1, 0.15) is 4.60 Å². The molecule has 0 aliphatic rings. The molecule has 2 heterocycles. The first-order chi connectivity index (χ1) is 8.94. The van der Waals surface area contributed by atoms with E-state index in [9.17, 15) is 13.2 Å². The minimum atomic E-state index is -4.37. The van der Waals surface area contributed by atoms with Gasteiger partial charge in [-0.1, -0.05) is 6.07 Å². The van der Waals surface area contributed by atoms with Gasteiger partial charge in [0.2, 0.25) is 5.88 Å². The van der Waals surface area contributed by atoms with E-state index in [0.717, 1.165) is 11.1 Å². The first-order valence-corrected chi connectivity index (χ1v) is 6.01. The van der Waals surface area contributed by atoms with E-state index in [1.165, 1.54) is 12.3 Å². The second-order valence-electron chi connectivity index (χ2n) is 3.66. The molecule has 0 fully saturated rings. The van der Waals surface area contributed by atoms with Gasteiger partial charge < -0.3 is 4.74 Å². The van der Waals surface area contributed by atoms with Gasteiger partial charge in [0.15, 0.2) is 6.61 Å². The van der Waals surface area contributed by atoms with Crippen LogP contribution in [-0.2, 0) is 0 Å². The molecule has 7 heteroatoms. The van der Waals surface area contributed by atoms with Crippen LogP contribution in [0.5, 0.6) is 5.88 Å². The maximum atomic E-state index is 12.0. The van der Waals surface area contributed by atoms with Crippen LogP contribution in [0.1, 0.15) is 0 Å². The number of ether oxygens (including phenoxy) is 1. The summed E-state index contributed by atoms with van der Waals surface area (Å²) in [6.07, 6.45) is -1.29. The highest BCUT2D eigenvalue weighted by molar-refractivity contribution is 9.10. The Kier molecular flexibility index (Phi) is 4.04. The molecule has 3 nitrogen and oxygen atoms in total. The second-order valence-corrected chi connectivity index (χ2v) is 4.47. The van der Waals surface area contributed by atoms with Crippen LogP contribution in [0.2, 0.25) is 0 Å². The second kappa shape index (κ2) is 5.56. The Morgan fingerprint density at radius 2 is 1.63 bits per heavy atom. The van der Waals surface area contributed by atoms with E-state index in [1.54, 1.807) is 18.3 Å². The van der Waals surface area contributed by atoms with E-state index in [2.05, 4.69) is 30.6 Å². The van der Waals surface area contributed by atoms with Crippen molar-refractivity contribution >= 4 is 15.9 Å². The number of halogens is 4. The van der Waals surface area contributed by atoms with Gasteiger partial charge in [-0.3, -0.25) is 0 Å². The SMILES string of the molecule is FC(F)(F)COc1ccc(-c2ccc(Br)nc2)cn1. The molecule has 0 aliphatic carbocycles. The fourth-order valence-electron chi connectivity index (χ4n) is 1.34. The summed E-state index contributed by atoms with van der Waals surface area (Å²) >= 11 is 3.22. The molecule has 0 saturated carbocycles. The van der Waals surface area contributed by atoms with Crippen LogP contribution in [0.15, 0.2) is 41.3 Å². The molecule has 0 spiro atoms. The highest BCUT2D eigenvalue weighted by atomic mass is 79.9. The first-order valence-electron chi connectivity index (χ1n) is 5.21. The van der Waals surface area contributed by atoms with Crippen LogP contribution in [0.4, 0.5) is 13.2 Å². The fourth-order valence-corrected chi connectivity index (χ4v) is 1.57. The molecule has 0 bridgehead atoms. The van der Waals surface area contributed by atoms with Crippen molar-refractivity contribution in [2.75, 3.05) is 6.61 Å². The Morgan fingerprint density at radius 3 is 2.11 bits per heavy atom. The molecule has 0 aliphatic heterocycles. The zero-order chi connectivity index (χ0) is 13.9. The third kappa shape index (κ3) is 4.20. The Hall–Kier alpha value is -1.63. The zero-order valence-corrected chi connectivity index (χ0v) is 11.1. The molecular formula is C12H8BrF3N2O. The molecule has 19 heavy (non-hydrogen) atoms. The van der Waals surface area contributed by atoms with E-state index in [4.69, 9.17) is 0 Å². The van der Waals surface area contributed by atoms with Crippen molar-refractivity contribution in [3.05, 3.63) is 41.3 Å². The van der Waals surface area contributed by atoms with Crippen molar-refractivity contribution in [2.24, 2.45) is 0 Å². The summed E-state index contributed by atoms with van der Waals surface area (Å²) in [7, 11) is 0. The average Bonchev–Trinajstić information content (AvgIpc) is 2.37. The maximum absolute atomic E-state index is 12.0. The smallest absolute Gasteiger partial charge is 0.422 e. The molecule has 2 rings (SSSR count). The standard InChI is InChI=1S/C12H8BrF3N2O/c13-10-3-1-8(5-17-10)9-2-4-11(18-6-9)19-7-12(14,15)16/h1-6H,7H2. The summed E-state index contributed by atoms with van der Waals surface area (Å²) in [5, 5.41) is 0. The van der Waals surface area contributed by atoms with Gasteiger partial charge in [-0.2, -0.15) is 13.2 Å². The third-order valence-corrected chi connectivity index (χ3v) is 2.65. The molecule has 0 aromatic carbocycles. The number of aromatic nitrogens is 2. The van der Waals surface area contributed by atoms with E-state index in [-0.39, 0.29) is 5.88 Å². The zero-order valence-electron chi connectivity index (χ0n) is 9.49. The third-order valence-electron chi connectivity index (χ3n) is 2.18. The fraction of sp³-hybridized carbons (Fsp3) is 0.167. The topological polar surface area (TPSA) is 35.0 Å². The number of rotatable bonds is 3. The molecule has 2 aromatic heterocycles. The normalized spacial score (nSPS) is 11.4. The lowest BCUT2D eigenvalue weighted by atomic mass is 10.1. The summed E-state index contributed by atoms with van der Waals surface area (Å²) in [6, 6.07) is 6.61. The van der Waals surface area contributed by atoms with Crippen LogP contribution >= 0.6 is 15.9 Å². The molecule has 100 valence electrons. The summed E-state index contributed by atoms with van der Waals surface area (Å²) in [4.78, 5) is 7.87. The van der Waals surface area contributed by atoms with Crippen molar-refractivity contribution in [3.63, 3.8) is 0 Å². The molecule has 0 N–H and O–H groups in total. The minimum Gasteiger partial charge on any atom is -0.468 e. The van der Waals surface area contributed by atoms with Gasteiger partial charge in [-0.25, -0.2) is 9.97 Å². The number of hydrogen-bond donors (Lipinski definition) is 0. The van der Waals surface area contributed by atoms with Crippen molar-refractivity contribution in [3.8, 4) is 17.0 Å². The Bertz CT molecular complexity index is 540. The average molecular weight is 333 g/mol. The van der Waals surface area contributed by atoms with Crippen LogP contribution in [-0.4, -0.2) is 22.8 Å². The van der Waals surface area contributed by atoms with Crippen molar-refractivity contribution in [2.45, 2.75) is 6.18 Å². The Morgan fingerprint density at radius 1 is 1.00 bits per heavy atom. The van der Waals surface area contributed by atoms with Gasteiger partial charge in [-0.05, 0) is 28.1 Å². The Labute approximate surface area is 115 Å². The van der Waals surface area contributed by atoms with Crippen LogP contribution in [0, 0.1) is 0 Å². The predicted octanol–water partition coefficient (Wildman–Crippen LogP) is 3.85. The first kappa shape index (κ1) is 13.8. The van der Waals surface area contributed by atoms with E-state index >= 15 is 0 Å². The number of alkyl halides is 3. The molecule has 0 unspecified atom stereocenters. The molecular weight excluding hydrogens is 325 g/mol. The summed E-state index contributed by atoms with van der Waals surface area (Å²) in [5.74, 6) is -0.0638. The number of pyridine rings is 2. The lowest BCUT2D eigenvalue weighted by Crippen LogP contribution is -2.19. The quantitative estimate of drug-likeness (QED) is 0.801. The summed E-state index contributed by atoms with van der Waals surface area (Å²) in [6.45, 7) is -1.35. The van der Waals surface area contributed by atoms with E-state index in [0.29, 0.717) is 4.60 Å². The van der Waals surface area contributed by atoms with E-state index in [1.807, 2.05) is 6.07 Å². The van der Waals surface area contributed by atoms with Gasteiger partial charge in [0.05, 0.1) is 0 Å². The lowest BCUT2D eigenvalue weighted by molar-refractivity contribution is -0.154.